The van der Waals surface area contributed by atoms with Crippen molar-refractivity contribution in [3.05, 3.63) is 42.2 Å². The van der Waals surface area contributed by atoms with Crippen LogP contribution in [0.2, 0.25) is 0 Å². The summed E-state index contributed by atoms with van der Waals surface area (Å²) < 4.78 is 16.0. The average molecular weight is 343 g/mol. The number of amides is 1. The molecule has 0 radical (unpaired) electrons. The Kier molecular flexibility index (Phi) is 5.69. The van der Waals surface area contributed by atoms with E-state index in [4.69, 9.17) is 14.2 Å². The lowest BCUT2D eigenvalue weighted by atomic mass is 10.2. The molecule has 0 unspecified atom stereocenters. The molecule has 1 amide bonds. The molecule has 0 saturated heterocycles. The van der Waals surface area contributed by atoms with Gasteiger partial charge in [-0.25, -0.2) is 4.98 Å². The summed E-state index contributed by atoms with van der Waals surface area (Å²) in [5.74, 6) is 1.04. The van der Waals surface area contributed by atoms with Gasteiger partial charge in [-0.2, -0.15) is 0 Å². The van der Waals surface area contributed by atoms with Gasteiger partial charge in [0.2, 0.25) is 0 Å². The maximum absolute atomic E-state index is 12.3. The Balaban J connectivity index is 1.57. The number of ether oxygens (including phenoxy) is 3. The molecule has 1 aliphatic rings. The fraction of sp³-hybridized carbons (Fsp3) is 0.333. The summed E-state index contributed by atoms with van der Waals surface area (Å²) in [6.45, 7) is 2.54. The number of benzene rings is 1. The van der Waals surface area contributed by atoms with E-state index in [0.29, 0.717) is 42.7 Å². The zero-order valence-electron chi connectivity index (χ0n) is 14.1. The van der Waals surface area contributed by atoms with Crippen LogP contribution in [0.4, 0.5) is 11.4 Å². The molecule has 0 atom stereocenters. The molecule has 1 aromatic heterocycles. The Hall–Kier alpha value is -2.80. The van der Waals surface area contributed by atoms with Crippen molar-refractivity contribution < 1.29 is 19.0 Å². The Morgan fingerprint density at radius 3 is 2.72 bits per heavy atom. The molecule has 132 valence electrons. The van der Waals surface area contributed by atoms with Gasteiger partial charge in [-0.1, -0.05) is 0 Å². The minimum absolute atomic E-state index is 0.275. The Labute approximate surface area is 146 Å². The standard InChI is InChI=1S/C18H21N3O4/c1-23-8-2-7-19-14-3-5-15(20-12-14)18(22)21-13-4-6-16-17(11-13)25-10-9-24-16/h3-6,11-12,19H,2,7-10H2,1H3,(H,21,22). The molecule has 0 aliphatic carbocycles. The predicted octanol–water partition coefficient (Wildman–Crippen LogP) is 2.55. The minimum atomic E-state index is -0.275. The first-order valence-electron chi connectivity index (χ1n) is 8.16. The van der Waals surface area contributed by atoms with Gasteiger partial charge in [0.25, 0.3) is 5.91 Å². The van der Waals surface area contributed by atoms with Crippen molar-refractivity contribution in [1.82, 2.24) is 4.98 Å². The summed E-state index contributed by atoms with van der Waals surface area (Å²) in [6.07, 6.45) is 2.55. The number of nitrogens with one attached hydrogen (secondary N) is 2. The zero-order valence-corrected chi connectivity index (χ0v) is 14.1. The molecule has 7 heteroatoms. The lowest BCUT2D eigenvalue weighted by Gasteiger charge is -2.18. The quantitative estimate of drug-likeness (QED) is 0.752. The van der Waals surface area contributed by atoms with E-state index in [0.717, 1.165) is 18.7 Å². The number of rotatable bonds is 7. The van der Waals surface area contributed by atoms with Crippen molar-refractivity contribution in [3.8, 4) is 11.5 Å². The number of carbonyl (C=O) groups is 1. The molecule has 0 bridgehead atoms. The lowest BCUT2D eigenvalue weighted by molar-refractivity contribution is 0.102. The summed E-state index contributed by atoms with van der Waals surface area (Å²) in [5, 5.41) is 6.04. The topological polar surface area (TPSA) is 81.7 Å². The second kappa shape index (κ2) is 8.34. The number of carbonyl (C=O) groups excluding carboxylic acids is 1. The molecule has 2 N–H and O–H groups in total. The molecule has 1 aromatic carbocycles. The fourth-order valence-electron chi connectivity index (χ4n) is 2.40. The van der Waals surface area contributed by atoms with Crippen LogP contribution in [0.1, 0.15) is 16.9 Å². The second-order valence-corrected chi connectivity index (χ2v) is 5.52. The van der Waals surface area contributed by atoms with E-state index in [1.165, 1.54) is 0 Å². The van der Waals surface area contributed by atoms with E-state index >= 15 is 0 Å². The lowest BCUT2D eigenvalue weighted by Crippen LogP contribution is -2.17. The van der Waals surface area contributed by atoms with Crippen LogP contribution in [0.25, 0.3) is 0 Å². The summed E-state index contributed by atoms with van der Waals surface area (Å²) in [5.41, 5.74) is 1.85. The number of hydrogen-bond acceptors (Lipinski definition) is 6. The number of fused-ring (bicyclic) bond motifs is 1. The maximum atomic E-state index is 12.3. The van der Waals surface area contributed by atoms with Crippen molar-refractivity contribution in [2.24, 2.45) is 0 Å². The van der Waals surface area contributed by atoms with Crippen LogP contribution in [-0.4, -0.2) is 44.4 Å². The molecule has 25 heavy (non-hydrogen) atoms. The maximum Gasteiger partial charge on any atom is 0.274 e. The third kappa shape index (κ3) is 4.60. The molecule has 3 rings (SSSR count). The number of methoxy groups -OCH3 is 1. The fourth-order valence-corrected chi connectivity index (χ4v) is 2.40. The Bertz CT molecular complexity index is 719. The number of aromatic nitrogens is 1. The average Bonchev–Trinajstić information content (AvgIpc) is 2.65. The SMILES string of the molecule is COCCCNc1ccc(C(=O)Nc2ccc3c(c2)OCCO3)nc1. The van der Waals surface area contributed by atoms with E-state index in [2.05, 4.69) is 15.6 Å². The van der Waals surface area contributed by atoms with Gasteiger partial charge in [0.15, 0.2) is 11.5 Å². The molecule has 0 spiro atoms. The molecular weight excluding hydrogens is 322 g/mol. The number of hydrogen-bond donors (Lipinski definition) is 2. The Morgan fingerprint density at radius 2 is 1.96 bits per heavy atom. The van der Waals surface area contributed by atoms with Gasteiger partial charge in [0.05, 0.1) is 11.9 Å². The van der Waals surface area contributed by atoms with E-state index < -0.39 is 0 Å². The van der Waals surface area contributed by atoms with Crippen LogP contribution in [0.3, 0.4) is 0 Å². The molecule has 2 aromatic rings. The summed E-state index contributed by atoms with van der Waals surface area (Å²) in [4.78, 5) is 16.5. The highest BCUT2D eigenvalue weighted by molar-refractivity contribution is 6.03. The molecule has 7 nitrogen and oxygen atoms in total. The third-order valence-electron chi connectivity index (χ3n) is 3.65. The van der Waals surface area contributed by atoms with Crippen molar-refractivity contribution in [3.63, 3.8) is 0 Å². The van der Waals surface area contributed by atoms with Crippen LogP contribution in [0.5, 0.6) is 11.5 Å². The number of nitrogens with zero attached hydrogens (tertiary/aromatic N) is 1. The van der Waals surface area contributed by atoms with E-state index in [1.807, 2.05) is 6.07 Å². The molecule has 2 heterocycles. The van der Waals surface area contributed by atoms with Gasteiger partial charge in [-0.05, 0) is 30.7 Å². The summed E-state index contributed by atoms with van der Waals surface area (Å²) in [6, 6.07) is 8.82. The van der Waals surface area contributed by atoms with Crippen LogP contribution in [0, 0.1) is 0 Å². The summed E-state index contributed by atoms with van der Waals surface area (Å²) >= 11 is 0. The second-order valence-electron chi connectivity index (χ2n) is 5.52. The largest absolute Gasteiger partial charge is 0.486 e. The zero-order chi connectivity index (χ0) is 17.5. The van der Waals surface area contributed by atoms with Gasteiger partial charge >= 0.3 is 0 Å². The van der Waals surface area contributed by atoms with Crippen LogP contribution in [-0.2, 0) is 4.74 Å². The molecular formula is C18H21N3O4. The van der Waals surface area contributed by atoms with E-state index in [-0.39, 0.29) is 5.91 Å². The van der Waals surface area contributed by atoms with Crippen molar-refractivity contribution in [2.45, 2.75) is 6.42 Å². The van der Waals surface area contributed by atoms with Gasteiger partial charge in [-0.15, -0.1) is 0 Å². The first-order valence-corrected chi connectivity index (χ1v) is 8.16. The Morgan fingerprint density at radius 1 is 1.16 bits per heavy atom. The van der Waals surface area contributed by atoms with Crippen LogP contribution in [0.15, 0.2) is 36.5 Å². The third-order valence-corrected chi connectivity index (χ3v) is 3.65. The van der Waals surface area contributed by atoms with Crippen molar-refractivity contribution in [1.29, 1.82) is 0 Å². The normalized spacial score (nSPS) is 12.5. The first kappa shape index (κ1) is 17.0. The molecule has 0 fully saturated rings. The van der Waals surface area contributed by atoms with Crippen molar-refractivity contribution >= 4 is 17.3 Å². The highest BCUT2D eigenvalue weighted by Gasteiger charge is 2.14. The van der Waals surface area contributed by atoms with Crippen LogP contribution >= 0.6 is 0 Å². The minimum Gasteiger partial charge on any atom is -0.486 e. The van der Waals surface area contributed by atoms with E-state index in [9.17, 15) is 4.79 Å². The van der Waals surface area contributed by atoms with Gasteiger partial charge < -0.3 is 24.8 Å². The monoisotopic (exact) mass is 343 g/mol. The smallest absolute Gasteiger partial charge is 0.274 e. The van der Waals surface area contributed by atoms with Gasteiger partial charge in [0.1, 0.15) is 18.9 Å². The van der Waals surface area contributed by atoms with Gasteiger partial charge in [-0.3, -0.25) is 4.79 Å². The van der Waals surface area contributed by atoms with Crippen molar-refractivity contribution in [2.75, 3.05) is 44.1 Å². The first-order chi connectivity index (χ1) is 12.3. The highest BCUT2D eigenvalue weighted by atomic mass is 16.6. The highest BCUT2D eigenvalue weighted by Crippen LogP contribution is 2.32. The van der Waals surface area contributed by atoms with E-state index in [1.54, 1.807) is 37.6 Å². The predicted molar refractivity (Wildman–Crippen MR) is 94.6 cm³/mol. The number of pyridine rings is 1. The number of anilines is 2. The van der Waals surface area contributed by atoms with Gasteiger partial charge in [0, 0.05) is 32.0 Å². The summed E-state index contributed by atoms with van der Waals surface area (Å²) in [7, 11) is 1.68. The molecule has 0 saturated carbocycles. The molecule has 1 aliphatic heterocycles. The van der Waals surface area contributed by atoms with Crippen LogP contribution < -0.4 is 20.1 Å².